The summed E-state index contributed by atoms with van der Waals surface area (Å²) >= 11 is 0. The predicted octanol–water partition coefficient (Wildman–Crippen LogP) is 0.841. The number of nitrogens with one attached hydrogen (secondary N) is 1. The number of aliphatic hydroxyl groups excluding tert-OH is 1. The molecule has 2 rings (SSSR count). The summed E-state index contributed by atoms with van der Waals surface area (Å²) in [5.41, 5.74) is 7.54. The first-order valence-corrected chi connectivity index (χ1v) is 5.96. The van der Waals surface area contributed by atoms with E-state index in [1.807, 2.05) is 24.3 Å². The van der Waals surface area contributed by atoms with Crippen molar-refractivity contribution in [2.75, 3.05) is 5.73 Å². The van der Waals surface area contributed by atoms with Crippen LogP contribution in [0, 0.1) is 0 Å². The average Bonchev–Trinajstić information content (AvgIpc) is 2.26. The van der Waals surface area contributed by atoms with Gasteiger partial charge in [-0.05, 0) is 30.9 Å². The lowest BCUT2D eigenvalue weighted by atomic mass is 9.89. The third kappa shape index (κ3) is 3.20. The molecule has 4 nitrogen and oxygen atoms in total. The van der Waals surface area contributed by atoms with Crippen LogP contribution in [0.3, 0.4) is 0 Å². The summed E-state index contributed by atoms with van der Waals surface area (Å²) in [6.07, 6.45) is 2.23. The third-order valence-electron chi connectivity index (χ3n) is 3.15. The fourth-order valence-electron chi connectivity index (χ4n) is 2.02. The van der Waals surface area contributed by atoms with Crippen LogP contribution < -0.4 is 11.1 Å². The van der Waals surface area contributed by atoms with Crippen LogP contribution in [-0.4, -0.2) is 23.2 Å². The molecule has 4 heteroatoms. The number of aliphatic hydroxyl groups is 1. The lowest BCUT2D eigenvalue weighted by Crippen LogP contribution is -2.46. The molecule has 17 heavy (non-hydrogen) atoms. The van der Waals surface area contributed by atoms with Gasteiger partial charge >= 0.3 is 0 Å². The Balaban J connectivity index is 1.75. The highest BCUT2D eigenvalue weighted by Crippen LogP contribution is 2.19. The van der Waals surface area contributed by atoms with E-state index < -0.39 is 0 Å². The first-order valence-electron chi connectivity index (χ1n) is 5.96. The minimum atomic E-state index is -0.231. The standard InChI is InChI=1S/C13H18N2O2/c14-12-4-2-1-3-9(12)5-6-13(17)15-10-7-11(16)8-10/h1-4,10-11,16H,5-8,14H2,(H,15,17). The molecule has 0 atom stereocenters. The number of anilines is 1. The maximum atomic E-state index is 11.6. The maximum absolute atomic E-state index is 11.6. The molecule has 92 valence electrons. The molecule has 0 saturated heterocycles. The van der Waals surface area contributed by atoms with E-state index in [1.165, 1.54) is 0 Å². The number of carbonyl (C=O) groups excluding carboxylic acids is 1. The van der Waals surface area contributed by atoms with Crippen LogP contribution >= 0.6 is 0 Å². The molecule has 0 aliphatic heterocycles. The van der Waals surface area contributed by atoms with Gasteiger partial charge in [0.25, 0.3) is 0 Å². The summed E-state index contributed by atoms with van der Waals surface area (Å²) in [7, 11) is 0. The highest BCUT2D eigenvalue weighted by Gasteiger charge is 2.28. The zero-order valence-electron chi connectivity index (χ0n) is 9.73. The molecule has 1 saturated carbocycles. The fourth-order valence-corrected chi connectivity index (χ4v) is 2.02. The Morgan fingerprint density at radius 3 is 2.76 bits per heavy atom. The van der Waals surface area contributed by atoms with Gasteiger partial charge < -0.3 is 16.2 Å². The van der Waals surface area contributed by atoms with Crippen molar-refractivity contribution in [2.24, 2.45) is 0 Å². The summed E-state index contributed by atoms with van der Waals surface area (Å²) in [5.74, 6) is 0.0325. The molecule has 0 radical (unpaired) electrons. The van der Waals surface area contributed by atoms with Crippen LogP contribution in [-0.2, 0) is 11.2 Å². The number of hydrogen-bond acceptors (Lipinski definition) is 3. The number of rotatable bonds is 4. The lowest BCUT2D eigenvalue weighted by Gasteiger charge is -2.31. The SMILES string of the molecule is Nc1ccccc1CCC(=O)NC1CC(O)C1. The van der Waals surface area contributed by atoms with Crippen LogP contribution in [0.15, 0.2) is 24.3 Å². The van der Waals surface area contributed by atoms with Crippen molar-refractivity contribution in [1.82, 2.24) is 5.32 Å². The zero-order chi connectivity index (χ0) is 12.3. The molecule has 1 aliphatic rings. The molecule has 0 unspecified atom stereocenters. The van der Waals surface area contributed by atoms with Gasteiger partial charge in [-0.15, -0.1) is 0 Å². The highest BCUT2D eigenvalue weighted by molar-refractivity contribution is 5.76. The summed E-state index contributed by atoms with van der Waals surface area (Å²) in [6, 6.07) is 7.75. The zero-order valence-corrected chi connectivity index (χ0v) is 9.73. The quantitative estimate of drug-likeness (QED) is 0.676. The Kier molecular flexibility index (Phi) is 3.64. The Morgan fingerprint density at radius 1 is 1.41 bits per heavy atom. The molecule has 4 N–H and O–H groups in total. The Labute approximate surface area is 101 Å². The maximum Gasteiger partial charge on any atom is 0.220 e. The molecule has 1 fully saturated rings. The number of nitrogen functional groups attached to an aromatic ring is 1. The number of aryl methyl sites for hydroxylation is 1. The minimum absolute atomic E-state index is 0.0325. The van der Waals surface area contributed by atoms with Gasteiger partial charge in [-0.25, -0.2) is 0 Å². The third-order valence-corrected chi connectivity index (χ3v) is 3.15. The fraction of sp³-hybridized carbons (Fsp3) is 0.462. The van der Waals surface area contributed by atoms with E-state index in [1.54, 1.807) is 0 Å². The smallest absolute Gasteiger partial charge is 0.220 e. The van der Waals surface area contributed by atoms with Crippen molar-refractivity contribution in [2.45, 2.75) is 37.8 Å². The highest BCUT2D eigenvalue weighted by atomic mass is 16.3. The van der Waals surface area contributed by atoms with Crippen molar-refractivity contribution in [1.29, 1.82) is 0 Å². The van der Waals surface area contributed by atoms with Crippen LogP contribution in [0.25, 0.3) is 0 Å². The van der Waals surface area contributed by atoms with Crippen molar-refractivity contribution in [3.63, 3.8) is 0 Å². The first-order chi connectivity index (χ1) is 8.15. The number of hydrogen-bond donors (Lipinski definition) is 3. The van der Waals surface area contributed by atoms with Crippen molar-refractivity contribution in [3.05, 3.63) is 29.8 Å². The number of carbonyl (C=O) groups is 1. The second kappa shape index (κ2) is 5.19. The number of para-hydroxylation sites is 1. The molecular formula is C13H18N2O2. The number of benzene rings is 1. The molecule has 1 aromatic carbocycles. The van der Waals surface area contributed by atoms with E-state index in [2.05, 4.69) is 5.32 Å². The second-order valence-electron chi connectivity index (χ2n) is 4.59. The molecule has 0 aromatic heterocycles. The monoisotopic (exact) mass is 234 g/mol. The first kappa shape index (κ1) is 11.9. The number of amides is 1. The molecule has 1 aliphatic carbocycles. The van der Waals surface area contributed by atoms with Crippen molar-refractivity contribution >= 4 is 11.6 Å². The van der Waals surface area contributed by atoms with Gasteiger partial charge in [0.05, 0.1) is 6.10 Å². The summed E-state index contributed by atoms with van der Waals surface area (Å²) in [6.45, 7) is 0. The van der Waals surface area contributed by atoms with Gasteiger partial charge in [0.1, 0.15) is 0 Å². The molecular weight excluding hydrogens is 216 g/mol. The van der Waals surface area contributed by atoms with E-state index in [9.17, 15) is 4.79 Å². The second-order valence-corrected chi connectivity index (χ2v) is 4.59. The van der Waals surface area contributed by atoms with Crippen LogP contribution in [0.2, 0.25) is 0 Å². The molecule has 1 aromatic rings. The largest absolute Gasteiger partial charge is 0.399 e. The van der Waals surface area contributed by atoms with Crippen LogP contribution in [0.5, 0.6) is 0 Å². The molecule has 0 bridgehead atoms. The predicted molar refractivity (Wildman–Crippen MR) is 66.3 cm³/mol. The van der Waals surface area contributed by atoms with Gasteiger partial charge in [-0.3, -0.25) is 4.79 Å². The average molecular weight is 234 g/mol. The molecule has 0 heterocycles. The van der Waals surface area contributed by atoms with Crippen LogP contribution in [0.4, 0.5) is 5.69 Å². The van der Waals surface area contributed by atoms with Gasteiger partial charge in [-0.1, -0.05) is 18.2 Å². The molecule has 0 spiro atoms. The van der Waals surface area contributed by atoms with E-state index in [-0.39, 0.29) is 18.1 Å². The lowest BCUT2D eigenvalue weighted by molar-refractivity contribution is -0.123. The van der Waals surface area contributed by atoms with Crippen molar-refractivity contribution < 1.29 is 9.90 Å². The normalized spacial score (nSPS) is 22.9. The number of nitrogens with two attached hydrogens (primary N) is 1. The van der Waals surface area contributed by atoms with E-state index in [0.717, 1.165) is 11.3 Å². The summed E-state index contributed by atoms with van der Waals surface area (Å²) in [5, 5.41) is 12.0. The Hall–Kier alpha value is -1.55. The Bertz CT molecular complexity index is 400. The van der Waals surface area contributed by atoms with Crippen molar-refractivity contribution in [3.8, 4) is 0 Å². The van der Waals surface area contributed by atoms with Gasteiger partial charge in [0.2, 0.25) is 5.91 Å². The topological polar surface area (TPSA) is 75.4 Å². The van der Waals surface area contributed by atoms with Gasteiger partial charge in [0, 0.05) is 18.2 Å². The van der Waals surface area contributed by atoms with E-state index in [0.29, 0.717) is 25.7 Å². The van der Waals surface area contributed by atoms with Gasteiger partial charge in [-0.2, -0.15) is 0 Å². The van der Waals surface area contributed by atoms with Crippen LogP contribution in [0.1, 0.15) is 24.8 Å². The Morgan fingerprint density at radius 2 is 2.12 bits per heavy atom. The van der Waals surface area contributed by atoms with E-state index >= 15 is 0 Å². The minimum Gasteiger partial charge on any atom is -0.399 e. The molecule has 1 amide bonds. The summed E-state index contributed by atoms with van der Waals surface area (Å²) in [4.78, 5) is 11.6. The summed E-state index contributed by atoms with van der Waals surface area (Å²) < 4.78 is 0. The van der Waals surface area contributed by atoms with Gasteiger partial charge in [0.15, 0.2) is 0 Å². The van der Waals surface area contributed by atoms with E-state index in [4.69, 9.17) is 10.8 Å².